The number of allylic oxidation sites excluding steroid dienone is 1. The van der Waals surface area contributed by atoms with Gasteiger partial charge < -0.3 is 37.9 Å². The van der Waals surface area contributed by atoms with E-state index in [9.17, 15) is 48.9 Å². The van der Waals surface area contributed by atoms with Crippen molar-refractivity contribution in [3.63, 3.8) is 0 Å². The fourth-order valence-corrected chi connectivity index (χ4v) is 12.8. The van der Waals surface area contributed by atoms with Crippen molar-refractivity contribution in [2.75, 3.05) is 26.4 Å². The van der Waals surface area contributed by atoms with Gasteiger partial charge in [0.25, 0.3) is 0 Å². The lowest BCUT2D eigenvalue weighted by Crippen LogP contribution is -2.33. The highest BCUT2D eigenvalue weighted by molar-refractivity contribution is 8.24. The number of benzene rings is 1. The molecule has 422 valence electrons. The first-order chi connectivity index (χ1) is 37.8. The van der Waals surface area contributed by atoms with Crippen molar-refractivity contribution in [3.05, 3.63) is 47.3 Å². The molecule has 0 N–H and O–H groups in total. The molecule has 5 aliphatic rings. The van der Waals surface area contributed by atoms with E-state index in [1.807, 2.05) is 12.1 Å². The van der Waals surface area contributed by atoms with Gasteiger partial charge in [-0.1, -0.05) is 36.7 Å². The van der Waals surface area contributed by atoms with Crippen LogP contribution < -0.4 is 9.47 Å². The van der Waals surface area contributed by atoms with Gasteiger partial charge in [-0.15, -0.1) is 0 Å². The van der Waals surface area contributed by atoms with E-state index < -0.39 is 35.7 Å². The second-order valence-electron chi connectivity index (χ2n) is 20.5. The molecule has 4 fully saturated rings. The second kappa shape index (κ2) is 32.1. The average molecular weight is 1120 g/mol. The first-order valence-electron chi connectivity index (χ1n) is 27.6. The normalized spacial score (nSPS) is 23.5. The zero-order valence-electron chi connectivity index (χ0n) is 44.4. The predicted octanol–water partition coefficient (Wildman–Crippen LogP) is 10.4. The van der Waals surface area contributed by atoms with Gasteiger partial charge in [-0.25, -0.2) is 9.59 Å². The van der Waals surface area contributed by atoms with Crippen LogP contribution in [0.2, 0.25) is 0 Å². The molecule has 0 atom stereocenters. The Labute approximate surface area is 465 Å². The lowest BCUT2D eigenvalue weighted by molar-refractivity contribution is -0.161. The van der Waals surface area contributed by atoms with Crippen LogP contribution in [0.1, 0.15) is 154 Å². The number of fused-ring (bicyclic) bond motifs is 1. The van der Waals surface area contributed by atoms with Gasteiger partial charge in [-0.2, -0.15) is 10.5 Å². The monoisotopic (exact) mass is 1120 g/mol. The average Bonchev–Trinajstić information content (AvgIpc) is 3.94. The highest BCUT2D eigenvalue weighted by Crippen LogP contribution is 2.59. The fourth-order valence-electron chi connectivity index (χ4n) is 10.3. The summed E-state index contributed by atoms with van der Waals surface area (Å²) in [5.74, 6) is -4.57. The van der Waals surface area contributed by atoms with Crippen molar-refractivity contribution in [3.8, 4) is 23.6 Å². The van der Waals surface area contributed by atoms with Crippen molar-refractivity contribution < 1.29 is 76.3 Å². The minimum absolute atomic E-state index is 0.134. The lowest BCUT2D eigenvalue weighted by atomic mass is 9.82. The Morgan fingerprint density at radius 3 is 1.05 bits per heavy atom. The van der Waals surface area contributed by atoms with E-state index in [1.165, 1.54) is 0 Å². The molecule has 0 radical (unpaired) electrons. The summed E-state index contributed by atoms with van der Waals surface area (Å²) in [6.07, 6.45) is 15.7. The quantitative estimate of drug-likeness (QED) is 0.0208. The Morgan fingerprint density at radius 2 is 0.731 bits per heavy atom. The molecule has 0 saturated heterocycles. The molecule has 20 heteroatoms. The third kappa shape index (κ3) is 18.8. The van der Waals surface area contributed by atoms with Crippen molar-refractivity contribution >= 4 is 71.3 Å². The van der Waals surface area contributed by atoms with Gasteiger partial charge in [0.05, 0.1) is 76.0 Å². The van der Waals surface area contributed by atoms with E-state index in [-0.39, 0.29) is 76.8 Å². The first kappa shape index (κ1) is 61.1. The largest absolute Gasteiger partial charge is 0.465 e. The standard InChI is InChI=1S/C58H72N2O16S2/c1-3-48(61)69-31-9-5-7-11-33-71-52(63)37-13-17-39(18-14-37)54(65)73-44-25-21-41(22-26-44)56(67)75-46-29-30-47(51-50(46)77-58(78-51)43(35-59)36-60)76-57(68)42-23-27-45(28-24-42)74-55(66)40-19-15-38(16-20-40)53(64)72-34-12-8-6-10-32-70-49(62)4-2/h3-4,29-30,37-42,44-45H,1-2,5-28,31-34H2. The number of unbranched alkanes of at least 4 members (excludes halogenated alkanes) is 6. The van der Waals surface area contributed by atoms with E-state index in [2.05, 4.69) is 13.2 Å². The molecule has 1 aromatic rings. The predicted molar refractivity (Wildman–Crippen MR) is 283 cm³/mol. The van der Waals surface area contributed by atoms with Crippen LogP contribution in [0, 0.1) is 58.2 Å². The van der Waals surface area contributed by atoms with E-state index in [4.69, 9.17) is 37.9 Å². The highest BCUT2D eigenvalue weighted by atomic mass is 32.2. The Kier molecular flexibility index (Phi) is 25.1. The van der Waals surface area contributed by atoms with Crippen LogP contribution in [0.4, 0.5) is 0 Å². The second-order valence-corrected chi connectivity index (χ2v) is 22.8. The molecule has 0 bridgehead atoms. The van der Waals surface area contributed by atoms with Crippen LogP contribution in [0.3, 0.4) is 0 Å². The molecular formula is C58H72N2O16S2. The number of ether oxygens (including phenoxy) is 8. The molecule has 1 aliphatic heterocycles. The van der Waals surface area contributed by atoms with Crippen LogP contribution in [0.15, 0.2) is 57.0 Å². The Balaban J connectivity index is 0.886. The van der Waals surface area contributed by atoms with Crippen LogP contribution in [0.25, 0.3) is 0 Å². The Morgan fingerprint density at radius 1 is 0.436 bits per heavy atom. The molecule has 6 rings (SSSR count). The first-order valence-corrected chi connectivity index (χ1v) is 29.3. The summed E-state index contributed by atoms with van der Waals surface area (Å²) in [5.41, 5.74) is -0.134. The van der Waals surface area contributed by atoms with Crippen molar-refractivity contribution in [2.45, 2.75) is 176 Å². The van der Waals surface area contributed by atoms with Crippen molar-refractivity contribution in [1.29, 1.82) is 10.5 Å². The summed E-state index contributed by atoms with van der Waals surface area (Å²) in [6.45, 7) is 8.04. The van der Waals surface area contributed by atoms with Gasteiger partial charge in [-0.3, -0.25) is 28.8 Å². The molecular weight excluding hydrogens is 1040 g/mol. The van der Waals surface area contributed by atoms with Crippen LogP contribution in [-0.2, 0) is 66.8 Å². The minimum Gasteiger partial charge on any atom is -0.465 e. The van der Waals surface area contributed by atoms with Crippen LogP contribution in [0.5, 0.6) is 11.5 Å². The molecule has 78 heavy (non-hydrogen) atoms. The lowest BCUT2D eigenvalue weighted by Gasteiger charge is -2.30. The summed E-state index contributed by atoms with van der Waals surface area (Å²) in [5, 5.41) is 19.4. The molecule has 4 aliphatic carbocycles. The van der Waals surface area contributed by atoms with Gasteiger partial charge in [0, 0.05) is 12.2 Å². The molecule has 0 spiro atoms. The number of hydrogen-bond donors (Lipinski definition) is 0. The van der Waals surface area contributed by atoms with Gasteiger partial charge in [0.2, 0.25) is 0 Å². The van der Waals surface area contributed by atoms with Gasteiger partial charge in [0.15, 0.2) is 0 Å². The smallest absolute Gasteiger partial charge is 0.330 e. The van der Waals surface area contributed by atoms with E-state index in [0.29, 0.717) is 156 Å². The van der Waals surface area contributed by atoms with E-state index in [0.717, 1.165) is 74.2 Å². The van der Waals surface area contributed by atoms with Gasteiger partial charge in [-0.05, 0) is 166 Å². The SMILES string of the molecule is C=CC(=O)OCCCCCCOC(=O)C1CCC(C(=O)OC2CCC(C(=O)Oc3ccc(OC(=O)C4CCC(OC(=O)C5CCC(C(=O)OCCCCCCOC(=O)C=C)CC5)CC4)c4c3SC(=C(C#N)C#N)S4)CC2)CC1. The zero-order valence-corrected chi connectivity index (χ0v) is 46.0. The Bertz CT molecular complexity index is 2270. The number of carbonyl (C=O) groups excluding carboxylic acids is 8. The van der Waals surface area contributed by atoms with Crippen LogP contribution in [-0.4, -0.2) is 86.4 Å². The van der Waals surface area contributed by atoms with Gasteiger partial charge >= 0.3 is 47.8 Å². The molecule has 18 nitrogen and oxygen atoms in total. The number of nitrogens with zero attached hydrogens (tertiary/aromatic N) is 2. The number of esters is 8. The summed E-state index contributed by atoms with van der Waals surface area (Å²) in [6, 6.07) is 6.90. The third-order valence-electron chi connectivity index (χ3n) is 15.0. The van der Waals surface area contributed by atoms with Gasteiger partial charge in [0.1, 0.15) is 41.4 Å². The Hall–Kier alpha value is -6.12. The molecule has 0 amide bonds. The minimum atomic E-state index is -0.472. The van der Waals surface area contributed by atoms with Crippen LogP contribution >= 0.6 is 23.5 Å². The fraction of sp³-hybridized carbons (Fsp3) is 0.621. The molecule has 0 aromatic heterocycles. The summed E-state index contributed by atoms with van der Waals surface area (Å²) >= 11 is 2.18. The summed E-state index contributed by atoms with van der Waals surface area (Å²) in [7, 11) is 0. The molecule has 1 heterocycles. The molecule has 0 unspecified atom stereocenters. The maximum atomic E-state index is 13.6. The maximum Gasteiger partial charge on any atom is 0.330 e. The van der Waals surface area contributed by atoms with Crippen molar-refractivity contribution in [2.24, 2.45) is 35.5 Å². The molecule has 1 aromatic carbocycles. The summed E-state index contributed by atoms with van der Waals surface area (Å²) in [4.78, 5) is 102. The number of carbonyl (C=O) groups is 8. The summed E-state index contributed by atoms with van der Waals surface area (Å²) < 4.78 is 45.0. The highest BCUT2D eigenvalue weighted by Gasteiger charge is 2.38. The third-order valence-corrected chi connectivity index (χ3v) is 17.7. The van der Waals surface area contributed by atoms with Crippen molar-refractivity contribution in [1.82, 2.24) is 0 Å². The zero-order chi connectivity index (χ0) is 55.8. The number of rotatable bonds is 26. The number of nitriles is 2. The maximum absolute atomic E-state index is 13.6. The molecule has 4 saturated carbocycles. The number of hydrogen-bond acceptors (Lipinski definition) is 20. The topological polar surface area (TPSA) is 258 Å². The number of thioether (sulfide) groups is 2. The van der Waals surface area contributed by atoms with E-state index >= 15 is 0 Å². The van der Waals surface area contributed by atoms with E-state index in [1.54, 1.807) is 12.1 Å².